The highest BCUT2D eigenvalue weighted by molar-refractivity contribution is 6.42. The van der Waals surface area contributed by atoms with Crippen LogP contribution in [0.25, 0.3) is 11.3 Å². The number of nitrogens with zero attached hydrogens (tertiary/aromatic N) is 2. The maximum atomic E-state index is 6.02. The molecule has 3 aromatic rings. The molecule has 1 aromatic carbocycles. The number of aromatic nitrogens is 3. The smallest absolute Gasteiger partial charge is 0.0924 e. The maximum absolute atomic E-state index is 6.02. The molecule has 2 heterocycles. The highest BCUT2D eigenvalue weighted by Gasteiger charge is 2.06. The van der Waals surface area contributed by atoms with E-state index in [-0.39, 0.29) is 0 Å². The lowest BCUT2D eigenvalue weighted by Gasteiger charge is -2.01. The molecule has 3 nitrogen and oxygen atoms in total. The van der Waals surface area contributed by atoms with E-state index >= 15 is 0 Å². The quantitative estimate of drug-likeness (QED) is 0.780. The topological polar surface area (TPSA) is 41.6 Å². The van der Waals surface area contributed by atoms with Crippen molar-refractivity contribution in [3.8, 4) is 11.3 Å². The van der Waals surface area contributed by atoms with Crippen LogP contribution in [0.3, 0.4) is 0 Å². The van der Waals surface area contributed by atoms with Crippen molar-refractivity contribution in [3.05, 3.63) is 70.1 Å². The summed E-state index contributed by atoms with van der Waals surface area (Å²) >= 11 is 11.9. The van der Waals surface area contributed by atoms with Gasteiger partial charge in [-0.05, 0) is 35.9 Å². The molecule has 5 heteroatoms. The van der Waals surface area contributed by atoms with Crippen LogP contribution in [0, 0.1) is 0 Å². The number of hydrogen-bond donors (Lipinski definition) is 1. The van der Waals surface area contributed by atoms with Gasteiger partial charge in [-0.15, -0.1) is 0 Å². The zero-order valence-electron chi connectivity index (χ0n) is 10.5. The Kier molecular flexibility index (Phi) is 3.72. The Morgan fingerprint density at radius 3 is 2.50 bits per heavy atom. The fourth-order valence-corrected chi connectivity index (χ4v) is 2.31. The van der Waals surface area contributed by atoms with Crippen LogP contribution in [0.15, 0.2) is 48.8 Å². The lowest BCUT2D eigenvalue weighted by molar-refractivity contribution is 0.998. The standard InChI is InChI=1S/C15H11Cl2N3/c16-13-2-1-10(8-14(13)17)7-12-9-15(20-19-12)11-3-5-18-6-4-11/h1-6,8-9H,7H2,(H,19,20). The Morgan fingerprint density at radius 1 is 0.950 bits per heavy atom. The summed E-state index contributed by atoms with van der Waals surface area (Å²) < 4.78 is 0. The second-order valence-corrected chi connectivity index (χ2v) is 5.25. The van der Waals surface area contributed by atoms with Gasteiger partial charge in [0.1, 0.15) is 0 Å². The molecule has 0 radical (unpaired) electrons. The number of halogens is 2. The summed E-state index contributed by atoms with van der Waals surface area (Å²) in [6.45, 7) is 0. The Balaban J connectivity index is 1.82. The Labute approximate surface area is 126 Å². The van der Waals surface area contributed by atoms with Crippen LogP contribution >= 0.6 is 23.2 Å². The van der Waals surface area contributed by atoms with Crippen molar-refractivity contribution in [2.45, 2.75) is 6.42 Å². The molecule has 20 heavy (non-hydrogen) atoms. The fraction of sp³-hybridized carbons (Fsp3) is 0.0667. The number of nitrogens with one attached hydrogen (secondary N) is 1. The van der Waals surface area contributed by atoms with E-state index in [4.69, 9.17) is 23.2 Å². The summed E-state index contributed by atoms with van der Waals surface area (Å²) in [6, 6.07) is 11.5. The highest BCUT2D eigenvalue weighted by atomic mass is 35.5. The van der Waals surface area contributed by atoms with Crippen LogP contribution in [-0.2, 0) is 6.42 Å². The van der Waals surface area contributed by atoms with Gasteiger partial charge in [-0.25, -0.2) is 0 Å². The molecule has 0 fully saturated rings. The first-order valence-electron chi connectivity index (χ1n) is 6.11. The monoisotopic (exact) mass is 303 g/mol. The van der Waals surface area contributed by atoms with Crippen molar-refractivity contribution < 1.29 is 0 Å². The third kappa shape index (κ3) is 2.84. The van der Waals surface area contributed by atoms with E-state index in [0.717, 1.165) is 28.9 Å². The lowest BCUT2D eigenvalue weighted by Crippen LogP contribution is -1.88. The molecule has 0 aliphatic heterocycles. The zero-order valence-corrected chi connectivity index (χ0v) is 12.0. The molecule has 1 N–H and O–H groups in total. The number of rotatable bonds is 3. The van der Waals surface area contributed by atoms with E-state index in [0.29, 0.717) is 10.0 Å². The molecule has 0 atom stereocenters. The summed E-state index contributed by atoms with van der Waals surface area (Å²) in [5.74, 6) is 0. The van der Waals surface area contributed by atoms with Crippen molar-refractivity contribution >= 4 is 23.2 Å². The van der Waals surface area contributed by atoms with E-state index in [1.807, 2.05) is 30.3 Å². The van der Waals surface area contributed by atoms with Gasteiger partial charge in [0.2, 0.25) is 0 Å². The molecule has 0 aliphatic carbocycles. The SMILES string of the molecule is Clc1ccc(Cc2cc(-c3ccncc3)n[nH]2)cc1Cl. The van der Waals surface area contributed by atoms with Crippen LogP contribution in [0.1, 0.15) is 11.3 Å². The Hall–Kier alpha value is -1.84. The van der Waals surface area contributed by atoms with Gasteiger partial charge in [-0.2, -0.15) is 5.10 Å². The summed E-state index contributed by atoms with van der Waals surface area (Å²) in [7, 11) is 0. The van der Waals surface area contributed by atoms with Crippen molar-refractivity contribution in [2.24, 2.45) is 0 Å². The molecule has 0 bridgehead atoms. The average molecular weight is 304 g/mol. The summed E-state index contributed by atoms with van der Waals surface area (Å²) in [4.78, 5) is 4.00. The second kappa shape index (κ2) is 5.65. The first-order valence-corrected chi connectivity index (χ1v) is 6.86. The second-order valence-electron chi connectivity index (χ2n) is 4.44. The van der Waals surface area contributed by atoms with Gasteiger partial charge in [0.05, 0.1) is 15.7 Å². The van der Waals surface area contributed by atoms with E-state index in [1.165, 1.54) is 0 Å². The van der Waals surface area contributed by atoms with E-state index in [9.17, 15) is 0 Å². The lowest BCUT2D eigenvalue weighted by atomic mass is 10.1. The zero-order chi connectivity index (χ0) is 13.9. The van der Waals surface area contributed by atoms with Crippen molar-refractivity contribution in [3.63, 3.8) is 0 Å². The van der Waals surface area contributed by atoms with Gasteiger partial charge in [0, 0.05) is 30.1 Å². The van der Waals surface area contributed by atoms with Crippen LogP contribution in [0.2, 0.25) is 10.0 Å². The fourth-order valence-electron chi connectivity index (χ4n) is 1.99. The minimum absolute atomic E-state index is 0.567. The van der Waals surface area contributed by atoms with Crippen LogP contribution in [0.4, 0.5) is 0 Å². The number of H-pyrrole nitrogens is 1. The van der Waals surface area contributed by atoms with Crippen molar-refractivity contribution in [1.29, 1.82) is 0 Å². The summed E-state index contributed by atoms with van der Waals surface area (Å²) in [5.41, 5.74) is 4.05. The van der Waals surface area contributed by atoms with Crippen LogP contribution in [0.5, 0.6) is 0 Å². The summed E-state index contributed by atoms with van der Waals surface area (Å²) in [6.07, 6.45) is 4.24. The van der Waals surface area contributed by atoms with Gasteiger partial charge in [-0.3, -0.25) is 10.1 Å². The normalized spacial score (nSPS) is 10.7. The third-order valence-electron chi connectivity index (χ3n) is 2.99. The van der Waals surface area contributed by atoms with Gasteiger partial charge >= 0.3 is 0 Å². The maximum Gasteiger partial charge on any atom is 0.0924 e. The van der Waals surface area contributed by atoms with E-state index < -0.39 is 0 Å². The number of benzene rings is 1. The number of aromatic amines is 1. The highest BCUT2D eigenvalue weighted by Crippen LogP contribution is 2.24. The largest absolute Gasteiger partial charge is 0.282 e. The van der Waals surface area contributed by atoms with Gasteiger partial charge in [-0.1, -0.05) is 29.3 Å². The minimum atomic E-state index is 0.567. The molecule has 0 amide bonds. The number of hydrogen-bond acceptors (Lipinski definition) is 2. The first kappa shape index (κ1) is 13.2. The molecule has 0 aliphatic rings. The Bertz CT molecular complexity index is 723. The number of pyridine rings is 1. The molecule has 2 aromatic heterocycles. The predicted molar refractivity (Wildman–Crippen MR) is 81.1 cm³/mol. The molecule has 0 unspecified atom stereocenters. The van der Waals surface area contributed by atoms with Crippen molar-refractivity contribution in [2.75, 3.05) is 0 Å². The van der Waals surface area contributed by atoms with Crippen LogP contribution < -0.4 is 0 Å². The van der Waals surface area contributed by atoms with Gasteiger partial charge in [0.25, 0.3) is 0 Å². The molecule has 100 valence electrons. The third-order valence-corrected chi connectivity index (χ3v) is 3.72. The molecule has 0 saturated heterocycles. The molecule has 3 rings (SSSR count). The molecule has 0 saturated carbocycles. The predicted octanol–water partition coefficient (Wildman–Crippen LogP) is 4.37. The van der Waals surface area contributed by atoms with E-state index in [2.05, 4.69) is 15.2 Å². The average Bonchev–Trinajstić information content (AvgIpc) is 2.92. The van der Waals surface area contributed by atoms with E-state index in [1.54, 1.807) is 18.5 Å². The Morgan fingerprint density at radius 2 is 1.75 bits per heavy atom. The first-order chi connectivity index (χ1) is 9.72. The van der Waals surface area contributed by atoms with Crippen molar-refractivity contribution in [1.82, 2.24) is 15.2 Å². The summed E-state index contributed by atoms with van der Waals surface area (Å²) in [5, 5.41) is 8.49. The molecular formula is C15H11Cl2N3. The van der Waals surface area contributed by atoms with Gasteiger partial charge < -0.3 is 0 Å². The molecule has 0 spiro atoms. The van der Waals surface area contributed by atoms with Crippen LogP contribution in [-0.4, -0.2) is 15.2 Å². The molecular weight excluding hydrogens is 293 g/mol. The van der Waals surface area contributed by atoms with Gasteiger partial charge in [0.15, 0.2) is 0 Å². The minimum Gasteiger partial charge on any atom is -0.282 e.